The van der Waals surface area contributed by atoms with Crippen LogP contribution in [-0.2, 0) is 4.79 Å². The average molecular weight is 186 g/mol. The molecule has 66 valence electrons. The third kappa shape index (κ3) is 1.91. The fourth-order valence-electron chi connectivity index (χ4n) is 0.929. The van der Waals surface area contributed by atoms with Gasteiger partial charge >= 0.3 is 0 Å². The van der Waals surface area contributed by atoms with Gasteiger partial charge in [0.1, 0.15) is 5.71 Å². The van der Waals surface area contributed by atoms with Crippen LogP contribution < -0.4 is 11.2 Å². The van der Waals surface area contributed by atoms with Gasteiger partial charge in [0.15, 0.2) is 5.11 Å². The van der Waals surface area contributed by atoms with Gasteiger partial charge in [-0.1, -0.05) is 0 Å². The van der Waals surface area contributed by atoms with Gasteiger partial charge in [0.2, 0.25) is 0 Å². The highest BCUT2D eigenvalue weighted by molar-refractivity contribution is 7.80. The molecule has 1 amide bonds. The van der Waals surface area contributed by atoms with Crippen molar-refractivity contribution < 1.29 is 4.79 Å². The van der Waals surface area contributed by atoms with Crippen molar-refractivity contribution in [2.24, 2.45) is 10.8 Å². The Morgan fingerprint density at radius 2 is 2.50 bits per heavy atom. The molecule has 1 saturated heterocycles. The fraction of sp³-hybridized carbons (Fsp3) is 0.500. The quantitative estimate of drug-likeness (QED) is 0.408. The Hall–Kier alpha value is -1.17. The van der Waals surface area contributed by atoms with Gasteiger partial charge in [0.25, 0.3) is 5.91 Å². The first-order chi connectivity index (χ1) is 5.61. The molecule has 0 radical (unpaired) electrons. The number of nitrogens with zero attached hydrogens (tertiary/aromatic N) is 2. The molecule has 3 N–H and O–H groups in total. The summed E-state index contributed by atoms with van der Waals surface area (Å²) < 4.78 is 0. The first-order valence-corrected chi connectivity index (χ1v) is 3.89. The van der Waals surface area contributed by atoms with Crippen molar-refractivity contribution in [2.75, 3.05) is 13.6 Å². The molecule has 0 spiro atoms. The lowest BCUT2D eigenvalue weighted by Gasteiger charge is -2.03. The highest BCUT2D eigenvalue weighted by atomic mass is 32.1. The molecular formula is C6H10N4OS. The lowest BCUT2D eigenvalue weighted by Crippen LogP contribution is -2.28. The van der Waals surface area contributed by atoms with Crippen molar-refractivity contribution >= 4 is 28.9 Å². The summed E-state index contributed by atoms with van der Waals surface area (Å²) in [6.45, 7) is 0.705. The number of nitrogens with one attached hydrogen (secondary N) is 1. The predicted molar refractivity (Wildman–Crippen MR) is 49.6 cm³/mol. The van der Waals surface area contributed by atoms with E-state index in [9.17, 15) is 4.79 Å². The first-order valence-electron chi connectivity index (χ1n) is 3.48. The Labute approximate surface area is 75.6 Å². The van der Waals surface area contributed by atoms with Crippen LogP contribution in [0.25, 0.3) is 0 Å². The van der Waals surface area contributed by atoms with Gasteiger partial charge in [-0.15, -0.1) is 0 Å². The van der Waals surface area contributed by atoms with Crippen LogP contribution >= 0.6 is 12.2 Å². The molecule has 0 atom stereocenters. The van der Waals surface area contributed by atoms with E-state index in [1.165, 1.54) is 0 Å². The van der Waals surface area contributed by atoms with Gasteiger partial charge in [-0.25, -0.2) is 0 Å². The Bertz CT molecular complexity index is 250. The number of nitrogens with two attached hydrogens (primary N) is 1. The molecule has 1 aliphatic rings. The third-order valence-corrected chi connectivity index (χ3v) is 1.67. The van der Waals surface area contributed by atoms with E-state index in [4.69, 9.17) is 5.73 Å². The van der Waals surface area contributed by atoms with E-state index in [0.717, 1.165) is 0 Å². The van der Waals surface area contributed by atoms with E-state index in [0.29, 0.717) is 18.7 Å². The lowest BCUT2D eigenvalue weighted by molar-refractivity contribution is -0.121. The number of hydrazone groups is 1. The molecule has 0 unspecified atom stereocenters. The van der Waals surface area contributed by atoms with Gasteiger partial charge in [-0.05, 0) is 12.2 Å². The van der Waals surface area contributed by atoms with Crippen LogP contribution in [-0.4, -0.2) is 35.2 Å². The molecule has 1 aliphatic heterocycles. The van der Waals surface area contributed by atoms with E-state index in [1.807, 2.05) is 0 Å². The summed E-state index contributed by atoms with van der Waals surface area (Å²) in [6, 6.07) is 0. The lowest BCUT2D eigenvalue weighted by atomic mass is 10.3. The summed E-state index contributed by atoms with van der Waals surface area (Å²) in [7, 11) is 1.73. The van der Waals surface area contributed by atoms with Gasteiger partial charge in [0.05, 0.1) is 0 Å². The molecule has 1 fully saturated rings. The summed E-state index contributed by atoms with van der Waals surface area (Å²) in [6.07, 6.45) is 0.644. The second kappa shape index (κ2) is 3.48. The monoisotopic (exact) mass is 186 g/mol. The molecule has 0 aliphatic carbocycles. The molecule has 12 heavy (non-hydrogen) atoms. The number of amides is 1. The first kappa shape index (κ1) is 8.92. The number of carbonyl (C=O) groups is 1. The standard InChI is InChI=1S/C6H10N4OS/c1-10-3-2-4(5(10)11)8-9-6(7)12/h2-3H2,1H3,(H3,7,9,12). The van der Waals surface area contributed by atoms with Crippen LogP contribution in [0.4, 0.5) is 0 Å². The zero-order chi connectivity index (χ0) is 9.14. The van der Waals surface area contributed by atoms with Crippen LogP contribution in [0.1, 0.15) is 6.42 Å². The molecule has 0 aromatic heterocycles. The number of carbonyl (C=O) groups excluding carboxylic acids is 1. The summed E-state index contributed by atoms with van der Waals surface area (Å²) in [5.74, 6) is -0.0706. The highest BCUT2D eigenvalue weighted by Gasteiger charge is 2.23. The number of thiocarbonyl (C=S) groups is 1. The summed E-state index contributed by atoms with van der Waals surface area (Å²) >= 11 is 4.53. The fourth-order valence-corrected chi connectivity index (χ4v) is 0.974. The average Bonchev–Trinajstić information content (AvgIpc) is 2.30. The SMILES string of the molecule is CN1CCC(=NNC(N)=S)C1=O. The minimum absolute atomic E-state index is 0.0706. The van der Waals surface area contributed by atoms with E-state index in [1.54, 1.807) is 11.9 Å². The number of hydrogen-bond acceptors (Lipinski definition) is 3. The largest absolute Gasteiger partial charge is 0.375 e. The Morgan fingerprint density at radius 1 is 1.83 bits per heavy atom. The van der Waals surface area contributed by atoms with Crippen molar-refractivity contribution in [1.82, 2.24) is 10.3 Å². The van der Waals surface area contributed by atoms with Gasteiger partial charge in [-0.3, -0.25) is 10.2 Å². The van der Waals surface area contributed by atoms with Crippen molar-refractivity contribution in [3.63, 3.8) is 0 Å². The zero-order valence-corrected chi connectivity index (χ0v) is 7.52. The van der Waals surface area contributed by atoms with E-state index < -0.39 is 0 Å². The number of rotatable bonds is 1. The number of likely N-dealkylation sites (tertiary alicyclic amines) is 1. The maximum absolute atomic E-state index is 11.2. The Balaban J connectivity index is 2.59. The van der Waals surface area contributed by atoms with Crippen LogP contribution in [0, 0.1) is 0 Å². The van der Waals surface area contributed by atoms with E-state index in [2.05, 4.69) is 22.7 Å². The number of hydrogen-bond donors (Lipinski definition) is 2. The molecule has 0 aromatic carbocycles. The molecule has 0 aromatic rings. The Morgan fingerprint density at radius 3 is 2.92 bits per heavy atom. The van der Waals surface area contributed by atoms with Gasteiger partial charge < -0.3 is 10.6 Å². The maximum atomic E-state index is 11.2. The molecular weight excluding hydrogens is 176 g/mol. The van der Waals surface area contributed by atoms with E-state index in [-0.39, 0.29) is 11.0 Å². The smallest absolute Gasteiger partial charge is 0.269 e. The molecule has 1 heterocycles. The summed E-state index contributed by atoms with van der Waals surface area (Å²) in [5, 5.41) is 3.84. The normalized spacial score (nSPS) is 20.2. The topological polar surface area (TPSA) is 70.7 Å². The maximum Gasteiger partial charge on any atom is 0.269 e. The van der Waals surface area contributed by atoms with Gasteiger partial charge in [-0.2, -0.15) is 5.10 Å². The molecule has 0 saturated carbocycles. The van der Waals surface area contributed by atoms with Crippen molar-refractivity contribution in [3.05, 3.63) is 0 Å². The summed E-state index contributed by atoms with van der Waals surface area (Å²) in [4.78, 5) is 12.8. The zero-order valence-electron chi connectivity index (χ0n) is 6.70. The van der Waals surface area contributed by atoms with Crippen LogP contribution in [0.15, 0.2) is 5.10 Å². The van der Waals surface area contributed by atoms with Crippen molar-refractivity contribution in [3.8, 4) is 0 Å². The third-order valence-electron chi connectivity index (χ3n) is 1.58. The summed E-state index contributed by atoms with van der Waals surface area (Å²) in [5.41, 5.74) is 8.00. The second-order valence-corrected chi connectivity index (χ2v) is 2.95. The van der Waals surface area contributed by atoms with Crippen LogP contribution in [0.3, 0.4) is 0 Å². The van der Waals surface area contributed by atoms with Crippen molar-refractivity contribution in [2.45, 2.75) is 6.42 Å². The Kier molecular flexibility index (Phi) is 2.59. The van der Waals surface area contributed by atoms with Crippen LogP contribution in [0.5, 0.6) is 0 Å². The minimum Gasteiger partial charge on any atom is -0.375 e. The molecule has 0 bridgehead atoms. The molecule has 6 heteroatoms. The van der Waals surface area contributed by atoms with Gasteiger partial charge in [0, 0.05) is 20.0 Å². The second-order valence-electron chi connectivity index (χ2n) is 2.51. The van der Waals surface area contributed by atoms with E-state index >= 15 is 0 Å². The predicted octanol–water partition coefficient (Wildman–Crippen LogP) is -0.962. The molecule has 1 rings (SSSR count). The van der Waals surface area contributed by atoms with Crippen LogP contribution in [0.2, 0.25) is 0 Å². The van der Waals surface area contributed by atoms with Crippen molar-refractivity contribution in [1.29, 1.82) is 0 Å². The minimum atomic E-state index is -0.0706. The highest BCUT2D eigenvalue weighted by Crippen LogP contribution is 2.03. The molecule has 5 nitrogen and oxygen atoms in total.